The van der Waals surface area contributed by atoms with Crippen LogP contribution in [-0.4, -0.2) is 53.1 Å². The lowest BCUT2D eigenvalue weighted by atomic mass is 9.80. The zero-order chi connectivity index (χ0) is 15.3. The van der Waals surface area contributed by atoms with E-state index in [0.717, 1.165) is 6.54 Å². The second kappa shape index (κ2) is 8.97. The van der Waals surface area contributed by atoms with Crippen LogP contribution >= 0.6 is 35.7 Å². The molecular weight excluding hydrogens is 407 g/mol. The standard InChI is InChI=1S/C16H32N4S.HI/c1-15(2,3)19-14(17)18-13-16(7-5-4-6-8-16)20-9-11-21-12-10-20;/h4-13H2,1-3H3,(H3,17,18,19);1H. The van der Waals surface area contributed by atoms with E-state index in [1.165, 1.54) is 56.7 Å². The SMILES string of the molecule is CC(C)(C)NC(N)=NCC1(N2CCSCC2)CCCCC1.I. The van der Waals surface area contributed by atoms with Crippen molar-refractivity contribution >= 4 is 41.7 Å². The topological polar surface area (TPSA) is 53.6 Å². The third-order valence-corrected chi connectivity index (χ3v) is 5.46. The van der Waals surface area contributed by atoms with E-state index in [2.05, 4.69) is 42.7 Å². The van der Waals surface area contributed by atoms with Crippen molar-refractivity contribution in [3.8, 4) is 0 Å². The van der Waals surface area contributed by atoms with Crippen molar-refractivity contribution in [1.82, 2.24) is 10.2 Å². The van der Waals surface area contributed by atoms with Gasteiger partial charge >= 0.3 is 0 Å². The fraction of sp³-hybridized carbons (Fsp3) is 0.938. The van der Waals surface area contributed by atoms with Crippen LogP contribution in [0.1, 0.15) is 52.9 Å². The molecule has 22 heavy (non-hydrogen) atoms. The molecule has 0 unspecified atom stereocenters. The van der Waals surface area contributed by atoms with E-state index in [1.54, 1.807) is 0 Å². The number of guanidine groups is 1. The van der Waals surface area contributed by atoms with Gasteiger partial charge in [0.25, 0.3) is 0 Å². The molecule has 0 spiro atoms. The van der Waals surface area contributed by atoms with E-state index in [0.29, 0.717) is 5.96 Å². The number of hydrogen-bond donors (Lipinski definition) is 2. The number of halogens is 1. The summed E-state index contributed by atoms with van der Waals surface area (Å²) in [6, 6.07) is 0. The van der Waals surface area contributed by atoms with Crippen molar-refractivity contribution in [2.75, 3.05) is 31.1 Å². The van der Waals surface area contributed by atoms with Gasteiger partial charge in [-0.25, -0.2) is 0 Å². The van der Waals surface area contributed by atoms with Gasteiger partial charge in [0.05, 0.1) is 6.54 Å². The Morgan fingerprint density at radius 2 is 1.77 bits per heavy atom. The summed E-state index contributed by atoms with van der Waals surface area (Å²) in [6.45, 7) is 9.64. The fourth-order valence-corrected chi connectivity index (χ4v) is 4.38. The van der Waals surface area contributed by atoms with Crippen LogP contribution in [0, 0.1) is 0 Å². The molecule has 0 atom stereocenters. The molecule has 0 bridgehead atoms. The van der Waals surface area contributed by atoms with Crippen molar-refractivity contribution < 1.29 is 0 Å². The third kappa shape index (κ3) is 6.07. The average Bonchev–Trinajstić information content (AvgIpc) is 2.45. The van der Waals surface area contributed by atoms with E-state index in [9.17, 15) is 0 Å². The van der Waals surface area contributed by atoms with Crippen LogP contribution in [0.3, 0.4) is 0 Å². The van der Waals surface area contributed by atoms with E-state index in [1.807, 2.05) is 0 Å². The molecule has 1 saturated carbocycles. The predicted molar refractivity (Wildman–Crippen MR) is 110 cm³/mol. The highest BCUT2D eigenvalue weighted by molar-refractivity contribution is 14.0. The highest BCUT2D eigenvalue weighted by Crippen LogP contribution is 2.35. The summed E-state index contributed by atoms with van der Waals surface area (Å²) < 4.78 is 0. The van der Waals surface area contributed by atoms with Gasteiger partial charge in [0.15, 0.2) is 5.96 Å². The average molecular weight is 440 g/mol. The summed E-state index contributed by atoms with van der Waals surface area (Å²) in [7, 11) is 0. The maximum atomic E-state index is 6.08. The van der Waals surface area contributed by atoms with Crippen LogP contribution in [0.4, 0.5) is 0 Å². The minimum absolute atomic E-state index is 0. The van der Waals surface area contributed by atoms with E-state index in [-0.39, 0.29) is 35.1 Å². The molecule has 6 heteroatoms. The first-order valence-electron chi connectivity index (χ1n) is 8.32. The van der Waals surface area contributed by atoms with Crippen molar-refractivity contribution in [3.63, 3.8) is 0 Å². The van der Waals surface area contributed by atoms with Crippen LogP contribution < -0.4 is 11.1 Å². The third-order valence-electron chi connectivity index (χ3n) is 4.51. The molecule has 2 rings (SSSR count). The summed E-state index contributed by atoms with van der Waals surface area (Å²) in [6.07, 6.45) is 6.62. The van der Waals surface area contributed by atoms with Crippen LogP contribution in [0.2, 0.25) is 0 Å². The highest BCUT2D eigenvalue weighted by atomic mass is 127. The first-order valence-corrected chi connectivity index (χ1v) is 9.48. The lowest BCUT2D eigenvalue weighted by Gasteiger charge is -2.47. The summed E-state index contributed by atoms with van der Waals surface area (Å²) in [5.74, 6) is 3.13. The number of nitrogens with zero attached hydrogens (tertiary/aromatic N) is 2. The molecule has 1 aliphatic carbocycles. The molecule has 1 saturated heterocycles. The van der Waals surface area contributed by atoms with Crippen molar-refractivity contribution in [1.29, 1.82) is 0 Å². The van der Waals surface area contributed by atoms with Gasteiger partial charge in [-0.05, 0) is 33.6 Å². The van der Waals surface area contributed by atoms with Crippen LogP contribution in [0.5, 0.6) is 0 Å². The fourth-order valence-electron chi connectivity index (χ4n) is 3.48. The Kier molecular flexibility index (Phi) is 8.30. The quantitative estimate of drug-likeness (QED) is 0.403. The summed E-state index contributed by atoms with van der Waals surface area (Å²) in [5, 5.41) is 3.28. The van der Waals surface area contributed by atoms with Crippen LogP contribution in [0.15, 0.2) is 4.99 Å². The van der Waals surface area contributed by atoms with Gasteiger partial charge in [-0.15, -0.1) is 24.0 Å². The normalized spacial score (nSPS) is 23.7. The lowest BCUT2D eigenvalue weighted by molar-refractivity contribution is 0.0672. The second-order valence-electron chi connectivity index (χ2n) is 7.46. The molecule has 0 aromatic carbocycles. The molecule has 2 fully saturated rings. The molecular formula is C16H33IN4S. The maximum Gasteiger partial charge on any atom is 0.189 e. The first kappa shape index (κ1) is 20.4. The largest absolute Gasteiger partial charge is 0.370 e. The molecule has 0 radical (unpaired) electrons. The monoisotopic (exact) mass is 440 g/mol. The van der Waals surface area contributed by atoms with Crippen molar-refractivity contribution in [2.45, 2.75) is 64.0 Å². The van der Waals surface area contributed by atoms with Gasteiger partial charge in [-0.2, -0.15) is 11.8 Å². The molecule has 0 aromatic heterocycles. The van der Waals surface area contributed by atoms with E-state index < -0.39 is 0 Å². The number of nitrogens with one attached hydrogen (secondary N) is 1. The van der Waals surface area contributed by atoms with Crippen molar-refractivity contribution in [2.24, 2.45) is 10.7 Å². The minimum Gasteiger partial charge on any atom is -0.370 e. The molecule has 1 aliphatic heterocycles. The number of hydrogen-bond acceptors (Lipinski definition) is 3. The number of rotatable bonds is 3. The molecule has 0 aromatic rings. The van der Waals surface area contributed by atoms with Gasteiger partial charge in [-0.3, -0.25) is 9.89 Å². The maximum absolute atomic E-state index is 6.08. The molecule has 1 heterocycles. The molecule has 2 aliphatic rings. The molecule has 4 nitrogen and oxygen atoms in total. The number of thioether (sulfide) groups is 1. The van der Waals surface area contributed by atoms with Gasteiger partial charge < -0.3 is 11.1 Å². The summed E-state index contributed by atoms with van der Waals surface area (Å²) in [5.41, 5.74) is 6.33. The van der Waals surface area contributed by atoms with Gasteiger partial charge in [-0.1, -0.05) is 19.3 Å². The summed E-state index contributed by atoms with van der Waals surface area (Å²) in [4.78, 5) is 7.42. The lowest BCUT2D eigenvalue weighted by Crippen LogP contribution is -2.56. The predicted octanol–water partition coefficient (Wildman–Crippen LogP) is 3.06. The molecule has 3 N–H and O–H groups in total. The molecule has 130 valence electrons. The first-order chi connectivity index (χ1) is 9.91. The molecule has 0 amide bonds. The highest BCUT2D eigenvalue weighted by Gasteiger charge is 2.38. The van der Waals surface area contributed by atoms with Gasteiger partial charge in [0, 0.05) is 35.7 Å². The van der Waals surface area contributed by atoms with Crippen molar-refractivity contribution in [3.05, 3.63) is 0 Å². The Balaban J connectivity index is 0.00000242. The smallest absolute Gasteiger partial charge is 0.189 e. The van der Waals surface area contributed by atoms with Gasteiger partial charge in [0.2, 0.25) is 0 Å². The zero-order valence-electron chi connectivity index (χ0n) is 14.4. The zero-order valence-corrected chi connectivity index (χ0v) is 17.5. The van der Waals surface area contributed by atoms with E-state index >= 15 is 0 Å². The van der Waals surface area contributed by atoms with E-state index in [4.69, 9.17) is 10.7 Å². The van der Waals surface area contributed by atoms with Crippen LogP contribution in [0.25, 0.3) is 0 Å². The Labute approximate surface area is 157 Å². The minimum atomic E-state index is -0.0188. The van der Waals surface area contributed by atoms with Crippen LogP contribution in [-0.2, 0) is 0 Å². The second-order valence-corrected chi connectivity index (χ2v) is 8.69. The number of aliphatic imine (C=N–C) groups is 1. The Morgan fingerprint density at radius 1 is 1.18 bits per heavy atom. The summed E-state index contributed by atoms with van der Waals surface area (Å²) >= 11 is 2.08. The van der Waals surface area contributed by atoms with Gasteiger partial charge in [0.1, 0.15) is 0 Å². The Bertz CT molecular complexity index is 356. The Morgan fingerprint density at radius 3 is 2.32 bits per heavy atom. The number of nitrogens with two attached hydrogens (primary N) is 1. The Hall–Kier alpha value is 0.310.